The highest BCUT2D eigenvalue weighted by Gasteiger charge is 2.18. The third-order valence-corrected chi connectivity index (χ3v) is 2.91. The molecular formula is C11H13BN2O2. The van der Waals surface area contributed by atoms with E-state index in [2.05, 4.69) is 4.90 Å². The predicted molar refractivity (Wildman–Crippen MR) is 62.4 cm³/mol. The Kier molecular flexibility index (Phi) is 3.13. The average molecular weight is 216 g/mol. The predicted octanol–water partition coefficient (Wildman–Crippen LogP) is -0.162. The lowest BCUT2D eigenvalue weighted by atomic mass is 9.77. The zero-order valence-electron chi connectivity index (χ0n) is 8.93. The van der Waals surface area contributed by atoms with Crippen molar-refractivity contribution in [2.45, 2.75) is 12.8 Å². The first-order valence-corrected chi connectivity index (χ1v) is 5.37. The lowest BCUT2D eigenvalue weighted by molar-refractivity contribution is 0.425. The molecule has 0 radical (unpaired) electrons. The van der Waals surface area contributed by atoms with Gasteiger partial charge < -0.3 is 14.9 Å². The van der Waals surface area contributed by atoms with Crippen LogP contribution in [-0.2, 0) is 0 Å². The molecule has 1 aromatic rings. The Bertz CT molecular complexity index is 422. The lowest BCUT2D eigenvalue weighted by Crippen LogP contribution is -2.32. The average Bonchev–Trinajstić information content (AvgIpc) is 2.81. The lowest BCUT2D eigenvalue weighted by Gasteiger charge is -2.18. The van der Waals surface area contributed by atoms with E-state index >= 15 is 0 Å². The molecule has 5 heteroatoms. The van der Waals surface area contributed by atoms with Crippen LogP contribution in [0.1, 0.15) is 18.4 Å². The molecule has 1 saturated heterocycles. The zero-order valence-corrected chi connectivity index (χ0v) is 8.93. The molecule has 0 aromatic heterocycles. The van der Waals surface area contributed by atoms with E-state index in [0.29, 0.717) is 5.56 Å². The Hall–Kier alpha value is -1.51. The number of hydrogen-bond donors (Lipinski definition) is 2. The maximum atomic E-state index is 9.08. The summed E-state index contributed by atoms with van der Waals surface area (Å²) in [5.74, 6) is 0. The van der Waals surface area contributed by atoms with Crippen LogP contribution in [0.15, 0.2) is 18.2 Å². The molecular weight excluding hydrogens is 203 g/mol. The number of anilines is 1. The fourth-order valence-electron chi connectivity index (χ4n) is 2.04. The summed E-state index contributed by atoms with van der Waals surface area (Å²) in [4.78, 5) is 2.20. The Morgan fingerprint density at radius 1 is 1.25 bits per heavy atom. The number of rotatable bonds is 2. The second-order valence-electron chi connectivity index (χ2n) is 3.95. The van der Waals surface area contributed by atoms with Crippen LogP contribution in [0.3, 0.4) is 0 Å². The van der Waals surface area contributed by atoms with E-state index in [1.54, 1.807) is 12.1 Å². The molecule has 0 spiro atoms. The van der Waals surface area contributed by atoms with Gasteiger partial charge in [0.05, 0.1) is 11.6 Å². The van der Waals surface area contributed by atoms with Gasteiger partial charge in [-0.05, 0) is 30.4 Å². The van der Waals surface area contributed by atoms with Gasteiger partial charge in [-0.3, -0.25) is 0 Å². The quantitative estimate of drug-likeness (QED) is 0.674. The van der Waals surface area contributed by atoms with Gasteiger partial charge in [-0.25, -0.2) is 0 Å². The fourth-order valence-corrected chi connectivity index (χ4v) is 2.04. The van der Waals surface area contributed by atoms with Crippen molar-refractivity contribution in [3.05, 3.63) is 23.8 Å². The highest BCUT2D eigenvalue weighted by atomic mass is 16.4. The van der Waals surface area contributed by atoms with Gasteiger partial charge in [-0.1, -0.05) is 6.07 Å². The van der Waals surface area contributed by atoms with Crippen LogP contribution in [-0.4, -0.2) is 30.3 Å². The topological polar surface area (TPSA) is 67.5 Å². The minimum atomic E-state index is -1.58. The van der Waals surface area contributed by atoms with Crippen LogP contribution in [0, 0.1) is 11.3 Å². The molecule has 0 unspecified atom stereocenters. The van der Waals surface area contributed by atoms with Crippen LogP contribution in [0.2, 0.25) is 0 Å². The van der Waals surface area contributed by atoms with E-state index in [0.717, 1.165) is 18.8 Å². The summed E-state index contributed by atoms with van der Waals surface area (Å²) < 4.78 is 0. The molecule has 2 rings (SSSR count). The van der Waals surface area contributed by atoms with Crippen molar-refractivity contribution < 1.29 is 10.0 Å². The van der Waals surface area contributed by atoms with Crippen molar-refractivity contribution >= 4 is 18.3 Å². The summed E-state index contributed by atoms with van der Waals surface area (Å²) in [7, 11) is -1.58. The second kappa shape index (κ2) is 4.56. The highest BCUT2D eigenvalue weighted by molar-refractivity contribution is 6.59. The molecule has 16 heavy (non-hydrogen) atoms. The van der Waals surface area contributed by atoms with Crippen molar-refractivity contribution in [1.29, 1.82) is 5.26 Å². The Morgan fingerprint density at radius 3 is 2.50 bits per heavy atom. The van der Waals surface area contributed by atoms with Crippen LogP contribution < -0.4 is 10.4 Å². The first kappa shape index (κ1) is 11.0. The number of nitriles is 1. The monoisotopic (exact) mass is 216 g/mol. The fraction of sp³-hybridized carbons (Fsp3) is 0.364. The summed E-state index contributed by atoms with van der Waals surface area (Å²) in [5, 5.41) is 27.1. The molecule has 0 saturated carbocycles. The summed E-state index contributed by atoms with van der Waals surface area (Å²) in [6, 6.07) is 7.16. The van der Waals surface area contributed by atoms with E-state index in [1.165, 1.54) is 12.8 Å². The number of nitrogens with zero attached hydrogens (tertiary/aromatic N) is 2. The Labute approximate surface area is 94.9 Å². The van der Waals surface area contributed by atoms with Crippen molar-refractivity contribution in [3.63, 3.8) is 0 Å². The van der Waals surface area contributed by atoms with Crippen molar-refractivity contribution in [3.8, 4) is 6.07 Å². The van der Waals surface area contributed by atoms with E-state index in [4.69, 9.17) is 15.3 Å². The van der Waals surface area contributed by atoms with Crippen LogP contribution in [0.25, 0.3) is 0 Å². The Morgan fingerprint density at radius 2 is 1.94 bits per heavy atom. The molecule has 1 aliphatic heterocycles. The molecule has 1 fully saturated rings. The van der Waals surface area contributed by atoms with Gasteiger partial charge in [0.15, 0.2) is 0 Å². The smallest absolute Gasteiger partial charge is 0.423 e. The van der Waals surface area contributed by atoms with E-state index in [1.807, 2.05) is 12.1 Å². The standard InChI is InChI=1S/C11H13BN2O2/c13-8-9-7-10(14-5-1-2-6-14)3-4-11(9)12(15)16/h3-4,7,15-16H,1-2,5-6H2. The molecule has 0 amide bonds. The maximum Gasteiger partial charge on any atom is 0.489 e. The normalized spacial score (nSPS) is 14.9. The molecule has 1 heterocycles. The van der Waals surface area contributed by atoms with Gasteiger partial charge >= 0.3 is 7.12 Å². The van der Waals surface area contributed by atoms with Crippen LogP contribution in [0.4, 0.5) is 5.69 Å². The minimum Gasteiger partial charge on any atom is -0.423 e. The summed E-state index contributed by atoms with van der Waals surface area (Å²) >= 11 is 0. The van der Waals surface area contributed by atoms with Gasteiger partial charge in [0.25, 0.3) is 0 Å². The molecule has 0 bridgehead atoms. The largest absolute Gasteiger partial charge is 0.489 e. The van der Waals surface area contributed by atoms with E-state index in [-0.39, 0.29) is 5.46 Å². The van der Waals surface area contributed by atoms with Crippen molar-refractivity contribution in [2.75, 3.05) is 18.0 Å². The third-order valence-electron chi connectivity index (χ3n) is 2.91. The molecule has 0 atom stereocenters. The molecule has 1 aromatic carbocycles. The molecule has 82 valence electrons. The summed E-state index contributed by atoms with van der Waals surface area (Å²) in [6.45, 7) is 2.01. The summed E-state index contributed by atoms with van der Waals surface area (Å²) in [5.41, 5.74) is 1.59. The zero-order chi connectivity index (χ0) is 11.5. The number of benzene rings is 1. The van der Waals surface area contributed by atoms with Gasteiger partial charge in [0, 0.05) is 18.8 Å². The van der Waals surface area contributed by atoms with Gasteiger partial charge in [-0.15, -0.1) is 0 Å². The third kappa shape index (κ3) is 2.03. The molecule has 2 N–H and O–H groups in total. The van der Waals surface area contributed by atoms with Crippen LogP contribution >= 0.6 is 0 Å². The van der Waals surface area contributed by atoms with Crippen molar-refractivity contribution in [2.24, 2.45) is 0 Å². The molecule has 4 nitrogen and oxygen atoms in total. The summed E-state index contributed by atoms with van der Waals surface area (Å²) in [6.07, 6.45) is 2.35. The van der Waals surface area contributed by atoms with Gasteiger partial charge in [0.1, 0.15) is 0 Å². The Balaban J connectivity index is 2.33. The minimum absolute atomic E-state index is 0.269. The van der Waals surface area contributed by atoms with Crippen LogP contribution in [0.5, 0.6) is 0 Å². The van der Waals surface area contributed by atoms with Gasteiger partial charge in [-0.2, -0.15) is 5.26 Å². The van der Waals surface area contributed by atoms with Gasteiger partial charge in [0.2, 0.25) is 0 Å². The van der Waals surface area contributed by atoms with E-state index in [9.17, 15) is 0 Å². The highest BCUT2D eigenvalue weighted by Crippen LogP contribution is 2.20. The molecule has 0 aliphatic carbocycles. The molecule has 1 aliphatic rings. The maximum absolute atomic E-state index is 9.08. The first-order chi connectivity index (χ1) is 7.72. The SMILES string of the molecule is N#Cc1cc(N2CCCC2)ccc1B(O)O. The van der Waals surface area contributed by atoms with Crippen molar-refractivity contribution in [1.82, 2.24) is 0 Å². The number of hydrogen-bond acceptors (Lipinski definition) is 4. The van der Waals surface area contributed by atoms with E-state index < -0.39 is 7.12 Å². The second-order valence-corrected chi connectivity index (χ2v) is 3.95. The first-order valence-electron chi connectivity index (χ1n) is 5.37.